The largest absolute Gasteiger partial charge is 0.357 e. The van der Waals surface area contributed by atoms with Crippen LogP contribution in [0.1, 0.15) is 58.4 Å². The summed E-state index contributed by atoms with van der Waals surface area (Å²) in [6.07, 6.45) is 6.29. The summed E-state index contributed by atoms with van der Waals surface area (Å²) in [6.45, 7) is 9.20. The fraction of sp³-hybridized carbons (Fsp3) is 0.857. The van der Waals surface area contributed by atoms with Gasteiger partial charge in [-0.2, -0.15) is 0 Å². The summed E-state index contributed by atoms with van der Waals surface area (Å²) in [7, 11) is 0. The molecule has 4 heteroatoms. The molecular formula is C14H25N3S. The molecule has 0 radical (unpaired) electrons. The lowest BCUT2D eigenvalue weighted by Crippen LogP contribution is -2.39. The Bertz CT molecular complexity index is 381. The molecule has 1 aromatic rings. The molecule has 18 heavy (non-hydrogen) atoms. The van der Waals surface area contributed by atoms with Crippen LogP contribution in [-0.2, 0) is 6.42 Å². The van der Waals surface area contributed by atoms with Gasteiger partial charge in [-0.3, -0.25) is 0 Å². The number of aromatic nitrogens is 2. The molecule has 2 atom stereocenters. The molecule has 2 unspecified atom stereocenters. The Morgan fingerprint density at radius 1 is 1.22 bits per heavy atom. The molecule has 0 aromatic carbocycles. The summed E-state index contributed by atoms with van der Waals surface area (Å²) in [5.74, 6) is 0.736. The minimum Gasteiger partial charge on any atom is -0.357 e. The van der Waals surface area contributed by atoms with Crippen LogP contribution in [0.25, 0.3) is 0 Å². The first-order valence-corrected chi connectivity index (χ1v) is 7.91. The van der Waals surface area contributed by atoms with Crippen molar-refractivity contribution in [1.29, 1.82) is 0 Å². The summed E-state index contributed by atoms with van der Waals surface area (Å²) in [4.78, 5) is 0. The monoisotopic (exact) mass is 267 g/mol. The molecule has 0 spiro atoms. The van der Waals surface area contributed by atoms with E-state index in [1.54, 1.807) is 11.3 Å². The van der Waals surface area contributed by atoms with Crippen LogP contribution in [0, 0.1) is 11.3 Å². The van der Waals surface area contributed by atoms with Crippen LogP contribution in [0.2, 0.25) is 0 Å². The highest BCUT2D eigenvalue weighted by atomic mass is 32.1. The van der Waals surface area contributed by atoms with E-state index in [-0.39, 0.29) is 0 Å². The van der Waals surface area contributed by atoms with Crippen molar-refractivity contribution in [2.75, 3.05) is 5.32 Å². The van der Waals surface area contributed by atoms with Gasteiger partial charge in [-0.05, 0) is 30.6 Å². The van der Waals surface area contributed by atoms with E-state index >= 15 is 0 Å². The van der Waals surface area contributed by atoms with Gasteiger partial charge in [0, 0.05) is 6.04 Å². The van der Waals surface area contributed by atoms with Crippen LogP contribution in [0.15, 0.2) is 0 Å². The summed E-state index contributed by atoms with van der Waals surface area (Å²) < 4.78 is 0. The van der Waals surface area contributed by atoms with Gasteiger partial charge in [0.2, 0.25) is 5.13 Å². The first-order chi connectivity index (χ1) is 8.50. The van der Waals surface area contributed by atoms with Gasteiger partial charge >= 0.3 is 0 Å². The van der Waals surface area contributed by atoms with Crippen LogP contribution in [0.5, 0.6) is 0 Å². The molecule has 1 aliphatic rings. The van der Waals surface area contributed by atoms with Crippen molar-refractivity contribution in [1.82, 2.24) is 10.2 Å². The Kier molecular flexibility index (Phi) is 4.25. The van der Waals surface area contributed by atoms with Gasteiger partial charge < -0.3 is 5.32 Å². The smallest absolute Gasteiger partial charge is 0.205 e. The Morgan fingerprint density at radius 3 is 2.56 bits per heavy atom. The number of anilines is 1. The van der Waals surface area contributed by atoms with E-state index < -0.39 is 0 Å². The average Bonchev–Trinajstić information content (AvgIpc) is 2.76. The fourth-order valence-electron chi connectivity index (χ4n) is 2.95. The molecule has 1 N–H and O–H groups in total. The zero-order valence-corrected chi connectivity index (χ0v) is 12.8. The lowest BCUT2D eigenvalue weighted by molar-refractivity contribution is 0.163. The van der Waals surface area contributed by atoms with Gasteiger partial charge in [0.25, 0.3) is 0 Å². The van der Waals surface area contributed by atoms with Crippen molar-refractivity contribution < 1.29 is 0 Å². The minimum absolute atomic E-state index is 0.371. The molecule has 1 aromatic heterocycles. The third-order valence-electron chi connectivity index (χ3n) is 3.96. The standard InChI is InChI=1S/C14H25N3S/c1-5-12-16-17-13(18-12)15-11-9-7-6-8-10(11)14(2,3)4/h10-11H,5-9H2,1-4H3,(H,15,17). The number of aryl methyl sites for hydroxylation is 1. The quantitative estimate of drug-likeness (QED) is 0.895. The molecule has 1 heterocycles. The van der Waals surface area contributed by atoms with Crippen molar-refractivity contribution in [3.63, 3.8) is 0 Å². The van der Waals surface area contributed by atoms with Gasteiger partial charge in [0.1, 0.15) is 5.01 Å². The first kappa shape index (κ1) is 13.8. The third kappa shape index (κ3) is 3.22. The van der Waals surface area contributed by atoms with Crippen molar-refractivity contribution in [3.8, 4) is 0 Å². The second kappa shape index (κ2) is 5.55. The van der Waals surface area contributed by atoms with E-state index in [4.69, 9.17) is 0 Å². The number of hydrogen-bond acceptors (Lipinski definition) is 4. The molecule has 0 aliphatic heterocycles. The van der Waals surface area contributed by atoms with Crippen LogP contribution in [0.3, 0.4) is 0 Å². The van der Waals surface area contributed by atoms with Gasteiger partial charge in [0.05, 0.1) is 0 Å². The molecule has 3 nitrogen and oxygen atoms in total. The van der Waals surface area contributed by atoms with Gasteiger partial charge in [0.15, 0.2) is 0 Å². The zero-order valence-electron chi connectivity index (χ0n) is 12.0. The average molecular weight is 267 g/mol. The predicted octanol–water partition coefficient (Wildman–Crippen LogP) is 4.12. The minimum atomic E-state index is 0.371. The maximum absolute atomic E-state index is 4.26. The molecule has 1 fully saturated rings. The highest BCUT2D eigenvalue weighted by Gasteiger charge is 2.34. The maximum atomic E-state index is 4.26. The summed E-state index contributed by atoms with van der Waals surface area (Å²) in [5.41, 5.74) is 0.371. The van der Waals surface area contributed by atoms with Gasteiger partial charge in [-0.15, -0.1) is 10.2 Å². The SMILES string of the molecule is CCc1nnc(NC2CCCCC2C(C)(C)C)s1. The summed E-state index contributed by atoms with van der Waals surface area (Å²) >= 11 is 1.71. The fourth-order valence-corrected chi connectivity index (χ4v) is 3.69. The zero-order chi connectivity index (χ0) is 13.2. The molecule has 1 aliphatic carbocycles. The lowest BCUT2D eigenvalue weighted by atomic mass is 9.69. The Hall–Kier alpha value is -0.640. The molecule has 102 valence electrons. The van der Waals surface area contributed by atoms with E-state index in [0.717, 1.165) is 22.5 Å². The number of rotatable bonds is 3. The highest BCUT2D eigenvalue weighted by molar-refractivity contribution is 7.15. The van der Waals surface area contributed by atoms with Crippen molar-refractivity contribution >= 4 is 16.5 Å². The van der Waals surface area contributed by atoms with E-state index in [2.05, 4.69) is 43.2 Å². The van der Waals surface area contributed by atoms with Crippen molar-refractivity contribution in [2.24, 2.45) is 11.3 Å². The second-order valence-corrected chi connectivity index (χ2v) is 7.42. The Balaban J connectivity index is 2.05. The van der Waals surface area contributed by atoms with Crippen LogP contribution in [-0.4, -0.2) is 16.2 Å². The van der Waals surface area contributed by atoms with Crippen molar-refractivity contribution in [2.45, 2.75) is 65.8 Å². The Labute approximate surface area is 114 Å². The van der Waals surface area contributed by atoms with Crippen molar-refractivity contribution in [3.05, 3.63) is 5.01 Å². The van der Waals surface area contributed by atoms with E-state index in [1.807, 2.05) is 0 Å². The van der Waals surface area contributed by atoms with Gasteiger partial charge in [-0.1, -0.05) is 51.9 Å². The van der Waals surface area contributed by atoms with E-state index in [0.29, 0.717) is 11.5 Å². The summed E-state index contributed by atoms with van der Waals surface area (Å²) in [5, 5.41) is 14.2. The van der Waals surface area contributed by atoms with Crippen LogP contribution < -0.4 is 5.32 Å². The normalized spacial score (nSPS) is 25.1. The summed E-state index contributed by atoms with van der Waals surface area (Å²) in [6, 6.07) is 0.566. The van der Waals surface area contributed by atoms with Crippen LogP contribution >= 0.6 is 11.3 Å². The second-order valence-electron chi connectivity index (χ2n) is 6.36. The third-order valence-corrected chi connectivity index (χ3v) is 4.96. The molecular weight excluding hydrogens is 242 g/mol. The number of nitrogens with one attached hydrogen (secondary N) is 1. The van der Waals surface area contributed by atoms with Gasteiger partial charge in [-0.25, -0.2) is 0 Å². The first-order valence-electron chi connectivity index (χ1n) is 7.09. The molecule has 1 saturated carbocycles. The molecule has 0 bridgehead atoms. The number of hydrogen-bond donors (Lipinski definition) is 1. The Morgan fingerprint density at radius 2 is 1.94 bits per heavy atom. The lowest BCUT2D eigenvalue weighted by Gasteiger charge is -2.40. The molecule has 2 rings (SSSR count). The molecule has 0 saturated heterocycles. The predicted molar refractivity (Wildman–Crippen MR) is 78.1 cm³/mol. The maximum Gasteiger partial charge on any atom is 0.205 e. The highest BCUT2D eigenvalue weighted by Crippen LogP contribution is 2.39. The molecule has 0 amide bonds. The number of nitrogens with zero attached hydrogens (tertiary/aromatic N) is 2. The van der Waals surface area contributed by atoms with E-state index in [1.165, 1.54) is 25.7 Å². The van der Waals surface area contributed by atoms with E-state index in [9.17, 15) is 0 Å². The topological polar surface area (TPSA) is 37.8 Å². The van der Waals surface area contributed by atoms with Crippen LogP contribution in [0.4, 0.5) is 5.13 Å².